The van der Waals surface area contributed by atoms with E-state index in [1.54, 1.807) is 12.1 Å². The number of benzene rings is 2. The Morgan fingerprint density at radius 3 is 2.50 bits per heavy atom. The van der Waals surface area contributed by atoms with Gasteiger partial charge < -0.3 is 5.73 Å². The number of hydrogen-bond acceptors (Lipinski definition) is 5. The van der Waals surface area contributed by atoms with Crippen LogP contribution in [-0.2, 0) is 16.3 Å². The van der Waals surface area contributed by atoms with Crippen LogP contribution in [0.3, 0.4) is 0 Å². The van der Waals surface area contributed by atoms with Crippen LogP contribution in [0.1, 0.15) is 30.4 Å². The van der Waals surface area contributed by atoms with Crippen molar-refractivity contribution in [2.45, 2.75) is 43.4 Å². The van der Waals surface area contributed by atoms with Gasteiger partial charge in [-0.05, 0) is 56.2 Å². The number of fused-ring (bicyclic) bond motifs is 1. The number of nitrogen functional groups attached to an aromatic ring is 1. The van der Waals surface area contributed by atoms with Crippen molar-refractivity contribution in [1.82, 2.24) is 14.5 Å². The Hall–Kier alpha value is -3.33. The molecule has 0 aliphatic carbocycles. The van der Waals surface area contributed by atoms with Crippen LogP contribution in [0.2, 0.25) is 0 Å². The fourth-order valence-corrected chi connectivity index (χ4v) is 5.11. The Morgan fingerprint density at radius 2 is 1.81 bits per heavy atom. The zero-order valence-electron chi connectivity index (χ0n) is 17.9. The number of sulfone groups is 1. The molecule has 32 heavy (non-hydrogen) atoms. The standard InChI is InChI=1S/C23H22F2N4O2S/c1-4-6-20-28-21-22(13(2)14(3)27-23(21)26)29(20)16-7-5-8-17(12-16)32(30,31)19-10-9-15(24)11-18(19)25/h5,7-12H,4,6H2,1-3H3,(H2,26,27). The largest absolute Gasteiger partial charge is 0.382 e. The number of aromatic nitrogens is 3. The Labute approximate surface area is 184 Å². The Kier molecular flexibility index (Phi) is 5.46. The average molecular weight is 457 g/mol. The van der Waals surface area contributed by atoms with Crippen LogP contribution >= 0.6 is 0 Å². The van der Waals surface area contributed by atoms with Crippen LogP contribution in [0.25, 0.3) is 16.7 Å². The molecule has 0 saturated heterocycles. The number of pyridine rings is 1. The molecule has 2 N–H and O–H groups in total. The lowest BCUT2D eigenvalue weighted by atomic mass is 10.2. The smallest absolute Gasteiger partial charge is 0.209 e. The van der Waals surface area contributed by atoms with E-state index in [2.05, 4.69) is 9.97 Å². The fourth-order valence-electron chi connectivity index (χ4n) is 3.76. The van der Waals surface area contributed by atoms with Crippen molar-refractivity contribution in [3.8, 4) is 5.69 Å². The first-order valence-electron chi connectivity index (χ1n) is 10.1. The van der Waals surface area contributed by atoms with Gasteiger partial charge in [0.25, 0.3) is 0 Å². The van der Waals surface area contributed by atoms with Gasteiger partial charge >= 0.3 is 0 Å². The van der Waals surface area contributed by atoms with Gasteiger partial charge in [-0.25, -0.2) is 27.2 Å². The van der Waals surface area contributed by atoms with Crippen LogP contribution in [0.15, 0.2) is 52.3 Å². The van der Waals surface area contributed by atoms with Gasteiger partial charge in [-0.2, -0.15) is 0 Å². The molecule has 166 valence electrons. The molecule has 0 saturated carbocycles. The van der Waals surface area contributed by atoms with Gasteiger partial charge in [-0.1, -0.05) is 13.0 Å². The van der Waals surface area contributed by atoms with E-state index in [-0.39, 0.29) is 4.90 Å². The molecule has 0 unspecified atom stereocenters. The number of hydrogen-bond donors (Lipinski definition) is 1. The fraction of sp³-hybridized carbons (Fsp3) is 0.217. The minimum absolute atomic E-state index is 0.110. The van der Waals surface area contributed by atoms with Crippen molar-refractivity contribution in [2.24, 2.45) is 0 Å². The molecule has 2 aromatic carbocycles. The molecule has 2 aromatic heterocycles. The topological polar surface area (TPSA) is 90.9 Å². The van der Waals surface area contributed by atoms with Gasteiger partial charge in [0.05, 0.1) is 10.4 Å². The van der Waals surface area contributed by atoms with Gasteiger partial charge in [-0.3, -0.25) is 4.57 Å². The number of imidazole rings is 1. The van der Waals surface area contributed by atoms with Crippen molar-refractivity contribution in [1.29, 1.82) is 0 Å². The number of nitrogens with zero attached hydrogens (tertiary/aromatic N) is 3. The highest BCUT2D eigenvalue weighted by Gasteiger charge is 2.24. The first-order chi connectivity index (χ1) is 15.1. The van der Waals surface area contributed by atoms with Gasteiger partial charge in [0, 0.05) is 23.9 Å². The summed E-state index contributed by atoms with van der Waals surface area (Å²) in [7, 11) is -4.22. The minimum atomic E-state index is -4.22. The highest BCUT2D eigenvalue weighted by Crippen LogP contribution is 2.31. The number of nitrogens with two attached hydrogens (primary N) is 1. The first-order valence-corrected chi connectivity index (χ1v) is 11.6. The molecule has 0 fully saturated rings. The lowest BCUT2D eigenvalue weighted by Gasteiger charge is -2.13. The predicted molar refractivity (Wildman–Crippen MR) is 119 cm³/mol. The number of anilines is 1. The van der Waals surface area contributed by atoms with Gasteiger partial charge in [-0.15, -0.1) is 0 Å². The van der Waals surface area contributed by atoms with Gasteiger partial charge in [0.1, 0.15) is 27.9 Å². The van der Waals surface area contributed by atoms with Crippen molar-refractivity contribution in [2.75, 3.05) is 5.73 Å². The van der Waals surface area contributed by atoms with Crippen LogP contribution in [0, 0.1) is 25.5 Å². The Balaban J connectivity index is 1.97. The van der Waals surface area contributed by atoms with E-state index in [0.29, 0.717) is 35.3 Å². The van der Waals surface area contributed by atoms with Crippen LogP contribution in [0.4, 0.5) is 14.6 Å². The Bertz CT molecular complexity index is 1460. The Morgan fingerprint density at radius 1 is 1.06 bits per heavy atom. The predicted octanol–water partition coefficient (Wildman–Crippen LogP) is 4.68. The summed E-state index contributed by atoms with van der Waals surface area (Å²) in [5.41, 5.74) is 9.60. The molecule has 4 rings (SSSR count). The van der Waals surface area contributed by atoms with E-state index in [1.807, 2.05) is 25.3 Å². The second-order valence-electron chi connectivity index (χ2n) is 7.59. The molecule has 2 heterocycles. The van der Waals surface area contributed by atoms with Crippen molar-refractivity contribution >= 4 is 26.7 Å². The van der Waals surface area contributed by atoms with Crippen LogP contribution in [-0.4, -0.2) is 23.0 Å². The van der Waals surface area contributed by atoms with E-state index in [4.69, 9.17) is 5.73 Å². The molecule has 0 atom stereocenters. The average Bonchev–Trinajstić information content (AvgIpc) is 3.12. The van der Waals surface area contributed by atoms with E-state index in [1.165, 1.54) is 12.1 Å². The third-order valence-electron chi connectivity index (χ3n) is 5.42. The maximum Gasteiger partial charge on any atom is 0.209 e. The summed E-state index contributed by atoms with van der Waals surface area (Å²) < 4.78 is 55.7. The molecule has 4 aromatic rings. The summed E-state index contributed by atoms with van der Waals surface area (Å²) in [6.45, 7) is 5.77. The second kappa shape index (κ2) is 7.98. The van der Waals surface area contributed by atoms with Crippen LogP contribution in [0.5, 0.6) is 0 Å². The monoisotopic (exact) mass is 456 g/mol. The third-order valence-corrected chi connectivity index (χ3v) is 7.20. The van der Waals surface area contributed by atoms with Crippen molar-refractivity contribution in [3.63, 3.8) is 0 Å². The molecule has 0 spiro atoms. The molecule has 0 aliphatic rings. The second-order valence-corrected chi connectivity index (χ2v) is 9.51. The maximum atomic E-state index is 14.3. The van der Waals surface area contributed by atoms with Crippen LogP contribution < -0.4 is 5.73 Å². The summed E-state index contributed by atoms with van der Waals surface area (Å²) in [5.74, 6) is -0.967. The molecular formula is C23H22F2N4O2S. The number of aryl methyl sites for hydroxylation is 3. The first kappa shape index (κ1) is 21.9. The molecule has 0 amide bonds. The SMILES string of the molecule is CCCc1nc2c(N)nc(C)c(C)c2n1-c1cccc(S(=O)(=O)c2ccc(F)cc2F)c1. The lowest BCUT2D eigenvalue weighted by Crippen LogP contribution is -2.08. The number of halogens is 2. The van der Waals surface area contributed by atoms with Gasteiger partial charge in [0.15, 0.2) is 5.82 Å². The quantitative estimate of drug-likeness (QED) is 0.440. The molecule has 9 heteroatoms. The van der Waals surface area contributed by atoms with E-state index >= 15 is 0 Å². The minimum Gasteiger partial charge on any atom is -0.382 e. The third kappa shape index (κ3) is 3.52. The summed E-state index contributed by atoms with van der Waals surface area (Å²) in [6.07, 6.45) is 1.45. The van der Waals surface area contributed by atoms with E-state index in [0.717, 1.165) is 35.3 Å². The molecule has 0 aliphatic heterocycles. The summed E-state index contributed by atoms with van der Waals surface area (Å²) in [4.78, 5) is 8.34. The summed E-state index contributed by atoms with van der Waals surface area (Å²) >= 11 is 0. The summed E-state index contributed by atoms with van der Waals surface area (Å²) in [6, 6.07) is 8.59. The number of rotatable bonds is 5. The van der Waals surface area contributed by atoms with Crippen molar-refractivity contribution in [3.05, 3.63) is 71.2 Å². The molecule has 6 nitrogen and oxygen atoms in total. The summed E-state index contributed by atoms with van der Waals surface area (Å²) in [5, 5.41) is 0. The molecule has 0 radical (unpaired) electrons. The highest BCUT2D eigenvalue weighted by molar-refractivity contribution is 7.91. The molecule has 0 bridgehead atoms. The highest BCUT2D eigenvalue weighted by atomic mass is 32.2. The molecular weight excluding hydrogens is 434 g/mol. The van der Waals surface area contributed by atoms with Gasteiger partial charge in [0.2, 0.25) is 9.84 Å². The maximum absolute atomic E-state index is 14.3. The van der Waals surface area contributed by atoms with Crippen molar-refractivity contribution < 1.29 is 17.2 Å². The van der Waals surface area contributed by atoms with E-state index < -0.39 is 26.4 Å². The lowest BCUT2D eigenvalue weighted by molar-refractivity contribution is 0.549. The zero-order chi connectivity index (χ0) is 23.2. The van der Waals surface area contributed by atoms with E-state index in [9.17, 15) is 17.2 Å². The normalized spacial score (nSPS) is 11.9. The zero-order valence-corrected chi connectivity index (χ0v) is 18.7.